The van der Waals surface area contributed by atoms with E-state index in [9.17, 15) is 0 Å². The number of morpholine rings is 1. The second-order valence-corrected chi connectivity index (χ2v) is 7.74. The van der Waals surface area contributed by atoms with Crippen LogP contribution in [0.3, 0.4) is 0 Å². The summed E-state index contributed by atoms with van der Waals surface area (Å²) in [7, 11) is 3.79. The van der Waals surface area contributed by atoms with Crippen LogP contribution in [0.2, 0.25) is 0 Å². The summed E-state index contributed by atoms with van der Waals surface area (Å²) in [6.07, 6.45) is 7.65. The van der Waals surface area contributed by atoms with Crippen molar-refractivity contribution in [2.45, 2.75) is 46.1 Å². The first kappa shape index (κ1) is 18.8. The summed E-state index contributed by atoms with van der Waals surface area (Å²) in [5, 5.41) is 7.75. The van der Waals surface area contributed by atoms with Gasteiger partial charge in [-0.25, -0.2) is 0 Å². The SMILES string of the molecule is CN=C(NCCCCC(C)(C)C)N1CCOC(c2cnn(C)c2)C1. The first-order valence-electron chi connectivity index (χ1n) is 8.95. The molecular formula is C18H33N5O. The van der Waals surface area contributed by atoms with E-state index in [1.54, 1.807) is 0 Å². The van der Waals surface area contributed by atoms with E-state index in [4.69, 9.17) is 4.74 Å². The van der Waals surface area contributed by atoms with E-state index in [2.05, 4.69) is 41.1 Å². The second kappa shape index (κ2) is 8.51. The van der Waals surface area contributed by atoms with Crippen LogP contribution in [0, 0.1) is 5.41 Å². The molecule has 6 heteroatoms. The number of aryl methyl sites for hydroxylation is 1. The van der Waals surface area contributed by atoms with Gasteiger partial charge in [-0.15, -0.1) is 0 Å². The molecule has 0 radical (unpaired) electrons. The van der Waals surface area contributed by atoms with Crippen molar-refractivity contribution in [3.8, 4) is 0 Å². The molecule has 2 rings (SSSR count). The van der Waals surface area contributed by atoms with E-state index >= 15 is 0 Å². The summed E-state index contributed by atoms with van der Waals surface area (Å²) in [4.78, 5) is 6.73. The molecule has 0 saturated carbocycles. The van der Waals surface area contributed by atoms with Crippen LogP contribution in [0.4, 0.5) is 0 Å². The minimum Gasteiger partial charge on any atom is -0.370 e. The summed E-state index contributed by atoms with van der Waals surface area (Å²) >= 11 is 0. The zero-order valence-electron chi connectivity index (χ0n) is 15.9. The molecular weight excluding hydrogens is 302 g/mol. The molecule has 1 aliphatic rings. The molecule has 6 nitrogen and oxygen atoms in total. The number of hydrogen-bond donors (Lipinski definition) is 1. The lowest BCUT2D eigenvalue weighted by molar-refractivity contribution is -0.00802. The van der Waals surface area contributed by atoms with Crippen LogP contribution < -0.4 is 5.32 Å². The lowest BCUT2D eigenvalue weighted by Crippen LogP contribution is -2.48. The highest BCUT2D eigenvalue weighted by atomic mass is 16.5. The zero-order chi connectivity index (χ0) is 17.6. The van der Waals surface area contributed by atoms with Gasteiger partial charge in [0.1, 0.15) is 6.10 Å². The predicted molar refractivity (Wildman–Crippen MR) is 98.1 cm³/mol. The van der Waals surface area contributed by atoms with Gasteiger partial charge >= 0.3 is 0 Å². The third-order valence-corrected chi connectivity index (χ3v) is 4.31. The highest BCUT2D eigenvalue weighted by Gasteiger charge is 2.25. The van der Waals surface area contributed by atoms with Crippen LogP contribution in [0.1, 0.15) is 51.7 Å². The van der Waals surface area contributed by atoms with Crippen molar-refractivity contribution in [2.75, 3.05) is 33.3 Å². The highest BCUT2D eigenvalue weighted by Crippen LogP contribution is 2.22. The summed E-state index contributed by atoms with van der Waals surface area (Å²) in [6, 6.07) is 0. The molecule has 0 aliphatic carbocycles. The molecule has 24 heavy (non-hydrogen) atoms. The standard InChI is InChI=1S/C18H33N5O/c1-18(2,3)8-6-7-9-20-17(19-4)23-10-11-24-16(14-23)15-12-21-22(5)13-15/h12-13,16H,6-11,14H2,1-5H3,(H,19,20). The van der Waals surface area contributed by atoms with Crippen LogP contribution in [0.15, 0.2) is 17.4 Å². The Balaban J connectivity index is 1.80. The van der Waals surface area contributed by atoms with E-state index in [1.165, 1.54) is 19.3 Å². The molecule has 0 amide bonds. The topological polar surface area (TPSA) is 54.7 Å². The summed E-state index contributed by atoms with van der Waals surface area (Å²) in [6.45, 7) is 10.3. The van der Waals surface area contributed by atoms with Crippen molar-refractivity contribution < 1.29 is 4.74 Å². The number of unbranched alkanes of at least 4 members (excludes halogenated alkanes) is 1. The van der Waals surface area contributed by atoms with Gasteiger partial charge in [0.05, 0.1) is 19.3 Å². The van der Waals surface area contributed by atoms with Gasteiger partial charge < -0.3 is 15.0 Å². The Bertz CT molecular complexity index is 532. The van der Waals surface area contributed by atoms with Crippen LogP contribution in [-0.2, 0) is 11.8 Å². The fraction of sp³-hybridized carbons (Fsp3) is 0.778. The van der Waals surface area contributed by atoms with Gasteiger partial charge in [0.2, 0.25) is 0 Å². The summed E-state index contributed by atoms with van der Waals surface area (Å²) < 4.78 is 7.72. The summed E-state index contributed by atoms with van der Waals surface area (Å²) in [5.41, 5.74) is 1.55. The van der Waals surface area contributed by atoms with Gasteiger partial charge in [-0.3, -0.25) is 9.67 Å². The van der Waals surface area contributed by atoms with Crippen LogP contribution >= 0.6 is 0 Å². The van der Waals surface area contributed by atoms with Gasteiger partial charge in [-0.1, -0.05) is 27.2 Å². The number of guanidine groups is 1. The molecule has 1 aliphatic heterocycles. The van der Waals surface area contributed by atoms with Crippen molar-refractivity contribution in [2.24, 2.45) is 17.5 Å². The van der Waals surface area contributed by atoms with Crippen molar-refractivity contribution >= 4 is 5.96 Å². The largest absolute Gasteiger partial charge is 0.370 e. The molecule has 0 spiro atoms. The highest BCUT2D eigenvalue weighted by molar-refractivity contribution is 5.80. The van der Waals surface area contributed by atoms with E-state index < -0.39 is 0 Å². The average molecular weight is 335 g/mol. The first-order chi connectivity index (χ1) is 11.4. The molecule has 0 bridgehead atoms. The number of ether oxygens (including phenoxy) is 1. The van der Waals surface area contributed by atoms with Gasteiger partial charge in [-0.05, 0) is 18.3 Å². The van der Waals surface area contributed by atoms with E-state index in [1.807, 2.05) is 31.2 Å². The summed E-state index contributed by atoms with van der Waals surface area (Å²) in [5.74, 6) is 0.975. The van der Waals surface area contributed by atoms with Gasteiger partial charge in [0.25, 0.3) is 0 Å². The quantitative estimate of drug-likeness (QED) is 0.510. The Morgan fingerprint density at radius 2 is 2.21 bits per heavy atom. The third-order valence-electron chi connectivity index (χ3n) is 4.31. The Kier molecular flexibility index (Phi) is 6.66. The molecule has 1 atom stereocenters. The lowest BCUT2D eigenvalue weighted by atomic mass is 9.90. The molecule has 1 unspecified atom stereocenters. The smallest absolute Gasteiger partial charge is 0.193 e. The number of aromatic nitrogens is 2. The van der Waals surface area contributed by atoms with Crippen molar-refractivity contribution in [3.05, 3.63) is 18.0 Å². The third kappa shape index (κ3) is 5.82. The maximum absolute atomic E-state index is 5.90. The molecule has 1 fully saturated rings. The van der Waals surface area contributed by atoms with Crippen molar-refractivity contribution in [3.63, 3.8) is 0 Å². The van der Waals surface area contributed by atoms with Gasteiger partial charge in [0.15, 0.2) is 5.96 Å². The van der Waals surface area contributed by atoms with Crippen molar-refractivity contribution in [1.82, 2.24) is 20.0 Å². The Hall–Kier alpha value is -1.56. The zero-order valence-corrected chi connectivity index (χ0v) is 15.9. The van der Waals surface area contributed by atoms with Crippen LogP contribution in [0.25, 0.3) is 0 Å². The number of aliphatic imine (C=N–C) groups is 1. The van der Waals surface area contributed by atoms with Crippen LogP contribution in [-0.4, -0.2) is 53.9 Å². The first-order valence-corrected chi connectivity index (χ1v) is 8.95. The normalized spacial score (nSPS) is 19.6. The fourth-order valence-corrected chi connectivity index (χ4v) is 2.96. The molecule has 1 aromatic rings. The number of hydrogen-bond acceptors (Lipinski definition) is 3. The minimum atomic E-state index is 0.0619. The maximum atomic E-state index is 5.90. The average Bonchev–Trinajstić information content (AvgIpc) is 2.96. The molecule has 2 heterocycles. The molecule has 0 aromatic carbocycles. The van der Waals surface area contributed by atoms with Gasteiger partial charge in [-0.2, -0.15) is 5.10 Å². The monoisotopic (exact) mass is 335 g/mol. The second-order valence-electron chi connectivity index (χ2n) is 7.74. The number of nitrogens with one attached hydrogen (secondary N) is 1. The number of rotatable bonds is 5. The fourth-order valence-electron chi connectivity index (χ4n) is 2.96. The number of nitrogens with zero attached hydrogens (tertiary/aromatic N) is 4. The minimum absolute atomic E-state index is 0.0619. The lowest BCUT2D eigenvalue weighted by Gasteiger charge is -2.34. The van der Waals surface area contributed by atoms with Crippen molar-refractivity contribution in [1.29, 1.82) is 0 Å². The molecule has 1 saturated heterocycles. The molecule has 136 valence electrons. The Morgan fingerprint density at radius 3 is 2.83 bits per heavy atom. The Labute approximate surface area is 146 Å². The maximum Gasteiger partial charge on any atom is 0.193 e. The van der Waals surface area contributed by atoms with E-state index in [0.29, 0.717) is 12.0 Å². The van der Waals surface area contributed by atoms with E-state index in [0.717, 1.165) is 31.2 Å². The predicted octanol–water partition coefficient (Wildman–Crippen LogP) is 2.59. The Morgan fingerprint density at radius 1 is 1.42 bits per heavy atom. The van der Waals surface area contributed by atoms with Gasteiger partial charge in [0, 0.05) is 38.9 Å². The van der Waals surface area contributed by atoms with E-state index in [-0.39, 0.29) is 6.10 Å². The molecule has 1 N–H and O–H groups in total. The van der Waals surface area contributed by atoms with Crippen LogP contribution in [0.5, 0.6) is 0 Å². The molecule has 1 aromatic heterocycles.